The van der Waals surface area contributed by atoms with Crippen molar-refractivity contribution in [3.05, 3.63) is 34.9 Å². The average Bonchev–Trinajstić information content (AvgIpc) is 2.34. The molecule has 0 saturated carbocycles. The summed E-state index contributed by atoms with van der Waals surface area (Å²) in [4.78, 5) is 0. The van der Waals surface area contributed by atoms with Crippen molar-refractivity contribution in [3.8, 4) is 0 Å². The molecule has 1 atom stereocenters. The van der Waals surface area contributed by atoms with E-state index in [9.17, 15) is 0 Å². The van der Waals surface area contributed by atoms with Crippen LogP contribution in [-0.4, -0.2) is 19.8 Å². The first-order valence-corrected chi connectivity index (χ1v) is 7.07. The zero-order valence-electron chi connectivity index (χ0n) is 12.3. The van der Waals surface area contributed by atoms with Crippen molar-refractivity contribution in [2.45, 2.75) is 46.6 Å². The van der Waals surface area contributed by atoms with Crippen LogP contribution in [0.1, 0.15) is 49.4 Å². The summed E-state index contributed by atoms with van der Waals surface area (Å²) in [6, 6.07) is 6.98. The normalized spacial score (nSPS) is 12.7. The van der Waals surface area contributed by atoms with E-state index in [0.29, 0.717) is 6.04 Å². The number of rotatable bonds is 8. The summed E-state index contributed by atoms with van der Waals surface area (Å²) in [5.74, 6) is 0. The Kier molecular flexibility index (Phi) is 6.99. The van der Waals surface area contributed by atoms with Crippen molar-refractivity contribution in [1.82, 2.24) is 5.32 Å². The first kappa shape index (κ1) is 15.2. The van der Waals surface area contributed by atoms with Gasteiger partial charge >= 0.3 is 0 Å². The molecular formula is C16H27NO. The Labute approximate surface area is 112 Å². The van der Waals surface area contributed by atoms with Crippen LogP contribution >= 0.6 is 0 Å². The van der Waals surface area contributed by atoms with E-state index in [1.54, 1.807) is 0 Å². The monoisotopic (exact) mass is 249 g/mol. The zero-order chi connectivity index (χ0) is 13.4. The van der Waals surface area contributed by atoms with Crippen molar-refractivity contribution < 1.29 is 4.74 Å². The summed E-state index contributed by atoms with van der Waals surface area (Å²) in [7, 11) is 0. The molecule has 1 aromatic carbocycles. The van der Waals surface area contributed by atoms with E-state index in [1.807, 2.05) is 0 Å². The summed E-state index contributed by atoms with van der Waals surface area (Å²) in [6.07, 6.45) is 2.22. The van der Waals surface area contributed by atoms with E-state index in [2.05, 4.69) is 51.2 Å². The molecule has 1 N–H and O–H groups in total. The third-order valence-electron chi connectivity index (χ3n) is 3.07. The number of aryl methyl sites for hydroxylation is 2. The van der Waals surface area contributed by atoms with Gasteiger partial charge in [0.2, 0.25) is 0 Å². The van der Waals surface area contributed by atoms with Crippen LogP contribution in [-0.2, 0) is 4.74 Å². The Morgan fingerprint density at radius 1 is 1.17 bits per heavy atom. The van der Waals surface area contributed by atoms with Gasteiger partial charge in [-0.05, 0) is 44.4 Å². The highest BCUT2D eigenvalue weighted by Crippen LogP contribution is 2.19. The molecule has 102 valence electrons. The molecule has 0 saturated heterocycles. The molecule has 0 fully saturated rings. The van der Waals surface area contributed by atoms with Gasteiger partial charge in [-0.3, -0.25) is 0 Å². The van der Waals surface area contributed by atoms with Crippen LogP contribution in [0, 0.1) is 13.8 Å². The molecule has 1 unspecified atom stereocenters. The van der Waals surface area contributed by atoms with Crippen molar-refractivity contribution >= 4 is 0 Å². The number of hydrogen-bond acceptors (Lipinski definition) is 2. The Balaban J connectivity index is 2.73. The fourth-order valence-corrected chi connectivity index (χ4v) is 2.14. The number of ether oxygens (including phenoxy) is 1. The lowest BCUT2D eigenvalue weighted by molar-refractivity contribution is 0.112. The van der Waals surface area contributed by atoms with E-state index < -0.39 is 0 Å². The largest absolute Gasteiger partial charge is 0.379 e. The van der Waals surface area contributed by atoms with Gasteiger partial charge in [0.05, 0.1) is 12.6 Å². The second kappa shape index (κ2) is 8.28. The van der Waals surface area contributed by atoms with Crippen LogP contribution in [0.5, 0.6) is 0 Å². The molecule has 0 heterocycles. The molecule has 0 spiro atoms. The molecule has 0 aliphatic rings. The molecule has 0 aromatic heterocycles. The topological polar surface area (TPSA) is 21.3 Å². The highest BCUT2D eigenvalue weighted by atomic mass is 16.5. The first-order valence-electron chi connectivity index (χ1n) is 7.07. The van der Waals surface area contributed by atoms with Crippen molar-refractivity contribution in [3.63, 3.8) is 0 Å². The second-order valence-corrected chi connectivity index (χ2v) is 4.94. The van der Waals surface area contributed by atoms with Crippen molar-refractivity contribution in [2.24, 2.45) is 0 Å². The van der Waals surface area contributed by atoms with Gasteiger partial charge in [0.25, 0.3) is 0 Å². The standard InChI is InChI=1S/C16H27NO/c1-5-9-17-16(12-18-10-6-2)15-8-7-13(3)11-14(15)4/h7-8,11,16-17H,5-6,9-10,12H2,1-4H3. The van der Waals surface area contributed by atoms with E-state index in [-0.39, 0.29) is 0 Å². The van der Waals surface area contributed by atoms with Gasteiger partial charge in [0.15, 0.2) is 0 Å². The Bertz CT molecular complexity index is 349. The molecular weight excluding hydrogens is 222 g/mol. The molecule has 0 amide bonds. The Morgan fingerprint density at radius 2 is 1.94 bits per heavy atom. The predicted octanol–water partition coefficient (Wildman–Crippen LogP) is 3.77. The number of benzene rings is 1. The molecule has 0 radical (unpaired) electrons. The lowest BCUT2D eigenvalue weighted by Gasteiger charge is -2.21. The lowest BCUT2D eigenvalue weighted by Crippen LogP contribution is -2.27. The number of nitrogens with one attached hydrogen (secondary N) is 1. The fraction of sp³-hybridized carbons (Fsp3) is 0.625. The smallest absolute Gasteiger partial charge is 0.0661 e. The minimum absolute atomic E-state index is 0.317. The maximum atomic E-state index is 5.72. The summed E-state index contributed by atoms with van der Waals surface area (Å²) in [5.41, 5.74) is 4.04. The SMILES string of the molecule is CCCNC(COCCC)c1ccc(C)cc1C. The third-order valence-corrected chi connectivity index (χ3v) is 3.07. The van der Waals surface area contributed by atoms with Gasteiger partial charge in [-0.2, -0.15) is 0 Å². The lowest BCUT2D eigenvalue weighted by atomic mass is 9.99. The van der Waals surface area contributed by atoms with Crippen molar-refractivity contribution in [2.75, 3.05) is 19.8 Å². The molecule has 1 aromatic rings. The number of hydrogen-bond donors (Lipinski definition) is 1. The molecule has 1 rings (SSSR count). The van der Waals surface area contributed by atoms with E-state index >= 15 is 0 Å². The molecule has 0 aliphatic carbocycles. The minimum Gasteiger partial charge on any atom is -0.379 e. The Hall–Kier alpha value is -0.860. The first-order chi connectivity index (χ1) is 8.69. The van der Waals surface area contributed by atoms with Crippen LogP contribution in [0.4, 0.5) is 0 Å². The quantitative estimate of drug-likeness (QED) is 0.708. The average molecular weight is 249 g/mol. The highest BCUT2D eigenvalue weighted by Gasteiger charge is 2.13. The van der Waals surface area contributed by atoms with Crippen LogP contribution in [0.3, 0.4) is 0 Å². The predicted molar refractivity (Wildman–Crippen MR) is 78.1 cm³/mol. The van der Waals surface area contributed by atoms with E-state index in [4.69, 9.17) is 4.74 Å². The van der Waals surface area contributed by atoms with Gasteiger partial charge in [-0.15, -0.1) is 0 Å². The molecule has 2 nitrogen and oxygen atoms in total. The summed E-state index contributed by atoms with van der Waals surface area (Å²) in [6.45, 7) is 11.3. The molecule has 18 heavy (non-hydrogen) atoms. The van der Waals surface area contributed by atoms with Crippen LogP contribution < -0.4 is 5.32 Å². The van der Waals surface area contributed by atoms with Crippen LogP contribution in [0.25, 0.3) is 0 Å². The minimum atomic E-state index is 0.317. The van der Waals surface area contributed by atoms with E-state index in [0.717, 1.165) is 32.6 Å². The van der Waals surface area contributed by atoms with Gasteiger partial charge in [-0.25, -0.2) is 0 Å². The molecule has 0 aliphatic heterocycles. The van der Waals surface area contributed by atoms with Crippen LogP contribution in [0.15, 0.2) is 18.2 Å². The molecule has 2 heteroatoms. The summed E-state index contributed by atoms with van der Waals surface area (Å²) >= 11 is 0. The Morgan fingerprint density at radius 3 is 2.56 bits per heavy atom. The maximum Gasteiger partial charge on any atom is 0.0661 e. The van der Waals surface area contributed by atoms with Gasteiger partial charge in [-0.1, -0.05) is 37.6 Å². The van der Waals surface area contributed by atoms with E-state index in [1.165, 1.54) is 16.7 Å². The van der Waals surface area contributed by atoms with Crippen LogP contribution in [0.2, 0.25) is 0 Å². The summed E-state index contributed by atoms with van der Waals surface area (Å²) < 4.78 is 5.72. The highest BCUT2D eigenvalue weighted by molar-refractivity contribution is 5.32. The second-order valence-electron chi connectivity index (χ2n) is 4.94. The van der Waals surface area contributed by atoms with Gasteiger partial charge < -0.3 is 10.1 Å². The molecule has 0 bridgehead atoms. The van der Waals surface area contributed by atoms with Gasteiger partial charge in [0.1, 0.15) is 0 Å². The third kappa shape index (κ3) is 4.79. The maximum absolute atomic E-state index is 5.72. The fourth-order valence-electron chi connectivity index (χ4n) is 2.14. The van der Waals surface area contributed by atoms with Crippen molar-refractivity contribution in [1.29, 1.82) is 0 Å². The van der Waals surface area contributed by atoms with Gasteiger partial charge in [0, 0.05) is 6.61 Å². The summed E-state index contributed by atoms with van der Waals surface area (Å²) in [5, 5.41) is 3.58. The zero-order valence-corrected chi connectivity index (χ0v) is 12.3.